The number of pyridine rings is 1. The van der Waals surface area contributed by atoms with Crippen LogP contribution in [0.3, 0.4) is 0 Å². The third-order valence-electron chi connectivity index (χ3n) is 4.06. The van der Waals surface area contributed by atoms with Crippen molar-refractivity contribution in [2.45, 2.75) is 4.90 Å². The molecule has 0 radical (unpaired) electrons. The molecule has 0 saturated heterocycles. The Morgan fingerprint density at radius 2 is 1.92 bits per heavy atom. The Kier molecular flexibility index (Phi) is 3.71. The molecule has 0 fully saturated rings. The molecule has 0 spiro atoms. The molecule has 2 aromatic heterocycles. The second-order valence-corrected chi connectivity index (χ2v) is 7.31. The largest absolute Gasteiger partial charge is 0.494 e. The Morgan fingerprint density at radius 3 is 2.65 bits per heavy atom. The zero-order valence-corrected chi connectivity index (χ0v) is 14.2. The summed E-state index contributed by atoms with van der Waals surface area (Å²) in [4.78, 5) is 11.7. The first-order valence-electron chi connectivity index (χ1n) is 7.69. The van der Waals surface area contributed by atoms with Gasteiger partial charge < -0.3 is 10.1 Å². The first-order chi connectivity index (χ1) is 12.4. The number of aromatic hydroxyl groups is 1. The first-order valence-corrected chi connectivity index (χ1v) is 9.23. The summed E-state index contributed by atoms with van der Waals surface area (Å²) in [5.41, 5.74) is 2.55. The maximum Gasteiger partial charge on any atom is 0.238 e. The number of rotatable bonds is 3. The Hall–Kier alpha value is -3.23. The van der Waals surface area contributed by atoms with Gasteiger partial charge in [-0.3, -0.25) is 9.98 Å². The van der Waals surface area contributed by atoms with Crippen molar-refractivity contribution in [2.75, 3.05) is 0 Å². The third kappa shape index (κ3) is 2.81. The van der Waals surface area contributed by atoms with Crippen LogP contribution in [-0.4, -0.2) is 29.7 Å². The van der Waals surface area contributed by atoms with E-state index in [1.807, 2.05) is 24.3 Å². The molecule has 0 aliphatic carbocycles. The van der Waals surface area contributed by atoms with Gasteiger partial charge in [-0.1, -0.05) is 12.1 Å². The van der Waals surface area contributed by atoms with Crippen molar-refractivity contribution in [3.05, 3.63) is 60.3 Å². The minimum absolute atomic E-state index is 0. The number of benzene rings is 2. The van der Waals surface area contributed by atoms with Gasteiger partial charge in [0.2, 0.25) is 10.0 Å². The lowest BCUT2D eigenvalue weighted by Crippen LogP contribution is -2.11. The van der Waals surface area contributed by atoms with Crippen molar-refractivity contribution in [3.63, 3.8) is 0 Å². The quantitative estimate of drug-likeness (QED) is 0.481. The van der Waals surface area contributed by atoms with Gasteiger partial charge in [0.15, 0.2) is 5.88 Å². The summed E-state index contributed by atoms with van der Waals surface area (Å²) < 4.78 is 22.6. The number of sulfonamides is 1. The molecule has 4 N–H and O–H groups in total. The number of hydrogen-bond acceptors (Lipinski definition) is 5. The Morgan fingerprint density at radius 1 is 1.15 bits per heavy atom. The molecule has 0 bridgehead atoms. The maximum atomic E-state index is 11.3. The molecule has 0 unspecified atom stereocenters. The maximum absolute atomic E-state index is 11.3. The normalized spacial score (nSPS) is 12.3. The molecule has 0 saturated carbocycles. The first kappa shape index (κ1) is 16.2. The molecule has 0 amide bonds. The van der Waals surface area contributed by atoms with Crippen molar-refractivity contribution in [1.82, 2.24) is 9.97 Å². The fourth-order valence-electron chi connectivity index (χ4n) is 2.82. The van der Waals surface area contributed by atoms with Gasteiger partial charge in [0.05, 0.1) is 27.2 Å². The summed E-state index contributed by atoms with van der Waals surface area (Å²) >= 11 is 0. The smallest absolute Gasteiger partial charge is 0.238 e. The molecule has 2 aromatic carbocycles. The van der Waals surface area contributed by atoms with Crippen molar-refractivity contribution in [2.24, 2.45) is 10.1 Å². The van der Waals surface area contributed by atoms with Crippen LogP contribution in [0.5, 0.6) is 5.88 Å². The fourth-order valence-corrected chi connectivity index (χ4v) is 3.34. The summed E-state index contributed by atoms with van der Waals surface area (Å²) in [7, 11) is -3.74. The van der Waals surface area contributed by atoms with Gasteiger partial charge in [-0.25, -0.2) is 13.6 Å². The number of nitrogens with two attached hydrogens (primary N) is 1. The van der Waals surface area contributed by atoms with E-state index in [1.165, 1.54) is 18.3 Å². The summed E-state index contributed by atoms with van der Waals surface area (Å²) in [5, 5.41) is 17.1. The van der Waals surface area contributed by atoms with Gasteiger partial charge in [0.25, 0.3) is 0 Å². The van der Waals surface area contributed by atoms with Crippen LogP contribution in [-0.2, 0) is 10.0 Å². The number of H-pyrrole nitrogens is 1. The highest BCUT2D eigenvalue weighted by atomic mass is 32.2. The zero-order valence-electron chi connectivity index (χ0n) is 13.4. The van der Waals surface area contributed by atoms with Crippen molar-refractivity contribution < 1.29 is 15.0 Å². The van der Waals surface area contributed by atoms with Crippen LogP contribution >= 0.6 is 0 Å². The lowest BCUT2D eigenvalue weighted by molar-refractivity contribution is 0.457. The molecule has 7 nitrogen and oxygen atoms in total. The monoisotopic (exact) mass is 368 g/mol. The van der Waals surface area contributed by atoms with E-state index in [0.717, 1.165) is 21.8 Å². The SMILES string of the molecule is NS(=O)(=O)c1ccc(N=Cc2c(O)[nH]c3ccc4cccnc4c23)cc1.[HH]. The van der Waals surface area contributed by atoms with Crippen LogP contribution in [0.4, 0.5) is 5.69 Å². The summed E-state index contributed by atoms with van der Waals surface area (Å²) in [6.07, 6.45) is 3.22. The standard InChI is InChI=1S/C18H14N4O3S.H2/c19-26(24,25)13-6-4-12(5-7-13)21-10-14-16-15(22-18(14)23)8-3-11-2-1-9-20-17(11)16;/h1-10,22-23H,(H2,19,24,25);1H. The molecule has 132 valence electrons. The van der Waals surface area contributed by atoms with E-state index in [0.29, 0.717) is 11.3 Å². The highest BCUT2D eigenvalue weighted by Gasteiger charge is 2.13. The van der Waals surface area contributed by atoms with E-state index in [2.05, 4.69) is 15.0 Å². The number of nitrogens with zero attached hydrogens (tertiary/aromatic N) is 2. The number of aromatic amines is 1. The fraction of sp³-hybridized carbons (Fsp3) is 0. The predicted molar refractivity (Wildman–Crippen MR) is 102 cm³/mol. The zero-order chi connectivity index (χ0) is 18.3. The van der Waals surface area contributed by atoms with Gasteiger partial charge in [-0.15, -0.1) is 0 Å². The van der Waals surface area contributed by atoms with Crippen LogP contribution in [0.25, 0.3) is 21.8 Å². The van der Waals surface area contributed by atoms with E-state index in [9.17, 15) is 13.5 Å². The highest BCUT2D eigenvalue weighted by Crippen LogP contribution is 2.31. The second kappa shape index (κ2) is 5.94. The number of fused-ring (bicyclic) bond motifs is 3. The number of nitrogens with one attached hydrogen (secondary N) is 1. The highest BCUT2D eigenvalue weighted by molar-refractivity contribution is 7.89. The van der Waals surface area contributed by atoms with Crippen molar-refractivity contribution in [3.8, 4) is 5.88 Å². The summed E-state index contributed by atoms with van der Waals surface area (Å²) in [5.74, 6) is -0.0111. The average molecular weight is 368 g/mol. The van der Waals surface area contributed by atoms with E-state index >= 15 is 0 Å². The summed E-state index contributed by atoms with van der Waals surface area (Å²) in [6, 6.07) is 13.4. The van der Waals surface area contributed by atoms with Gasteiger partial charge in [0.1, 0.15) is 0 Å². The van der Waals surface area contributed by atoms with Crippen LogP contribution in [0.15, 0.2) is 64.6 Å². The van der Waals surface area contributed by atoms with Gasteiger partial charge in [-0.2, -0.15) is 0 Å². The minimum Gasteiger partial charge on any atom is -0.494 e. The number of primary sulfonamides is 1. The van der Waals surface area contributed by atoms with E-state index < -0.39 is 10.0 Å². The lowest BCUT2D eigenvalue weighted by atomic mass is 10.1. The van der Waals surface area contributed by atoms with E-state index in [-0.39, 0.29) is 12.2 Å². The van der Waals surface area contributed by atoms with Gasteiger partial charge in [-0.05, 0) is 36.4 Å². The molecule has 0 aliphatic heterocycles. The van der Waals surface area contributed by atoms with Gasteiger partial charge in [0, 0.05) is 24.6 Å². The molecule has 0 aliphatic rings. The number of aromatic nitrogens is 2. The van der Waals surface area contributed by atoms with Crippen LogP contribution < -0.4 is 5.14 Å². The predicted octanol–water partition coefficient (Wildman–Crippen LogP) is 3.07. The van der Waals surface area contributed by atoms with Crippen LogP contribution in [0.1, 0.15) is 6.99 Å². The van der Waals surface area contributed by atoms with Crippen LogP contribution in [0, 0.1) is 0 Å². The molecule has 2 heterocycles. The van der Waals surface area contributed by atoms with Crippen molar-refractivity contribution >= 4 is 43.7 Å². The number of aliphatic imine (C=N–C) groups is 1. The second-order valence-electron chi connectivity index (χ2n) is 5.75. The average Bonchev–Trinajstić information content (AvgIpc) is 2.95. The molecule has 4 aromatic rings. The third-order valence-corrected chi connectivity index (χ3v) is 4.99. The Balaban J connectivity index is 0.00000210. The molecule has 8 heteroatoms. The summed E-state index contributed by atoms with van der Waals surface area (Å²) in [6.45, 7) is 0. The lowest BCUT2D eigenvalue weighted by Gasteiger charge is -2.00. The van der Waals surface area contributed by atoms with E-state index in [4.69, 9.17) is 5.14 Å². The Labute approximate surface area is 150 Å². The molecule has 4 rings (SSSR count). The number of hydrogen-bond donors (Lipinski definition) is 3. The molecule has 0 atom stereocenters. The van der Waals surface area contributed by atoms with Gasteiger partial charge >= 0.3 is 0 Å². The topological polar surface area (TPSA) is 121 Å². The molecular weight excluding hydrogens is 352 g/mol. The van der Waals surface area contributed by atoms with Crippen molar-refractivity contribution in [1.29, 1.82) is 0 Å². The Bertz CT molecular complexity index is 1270. The molecular formula is C18H16N4O3S. The molecule has 26 heavy (non-hydrogen) atoms. The van der Waals surface area contributed by atoms with Crippen LogP contribution in [0.2, 0.25) is 0 Å². The van der Waals surface area contributed by atoms with E-state index in [1.54, 1.807) is 18.3 Å². The minimum atomic E-state index is -3.74.